The van der Waals surface area contributed by atoms with Crippen molar-refractivity contribution in [1.82, 2.24) is 4.90 Å². The summed E-state index contributed by atoms with van der Waals surface area (Å²) in [6.45, 7) is 1.36. The molecule has 184 valence electrons. The lowest BCUT2D eigenvalue weighted by Gasteiger charge is -2.24. The van der Waals surface area contributed by atoms with E-state index in [4.69, 9.17) is 9.47 Å². The van der Waals surface area contributed by atoms with Crippen molar-refractivity contribution in [3.05, 3.63) is 144 Å². The number of amides is 1. The molecule has 4 nitrogen and oxygen atoms in total. The smallest absolute Gasteiger partial charge is 0.255 e. The van der Waals surface area contributed by atoms with E-state index in [0.717, 1.165) is 27.5 Å². The first-order chi connectivity index (χ1) is 18.2. The number of methoxy groups -OCH3 is 1. The third-order valence-corrected chi connectivity index (χ3v) is 6.36. The molecule has 5 rings (SSSR count). The number of rotatable bonds is 9. The molecule has 0 heterocycles. The molecule has 0 saturated carbocycles. The van der Waals surface area contributed by atoms with Gasteiger partial charge in [-0.1, -0.05) is 103 Å². The molecule has 0 aromatic heterocycles. The molecular weight excluding hydrogens is 458 g/mol. The Morgan fingerprint density at radius 2 is 1.30 bits per heavy atom. The van der Waals surface area contributed by atoms with Crippen LogP contribution in [-0.2, 0) is 19.7 Å². The fourth-order valence-corrected chi connectivity index (χ4v) is 4.47. The van der Waals surface area contributed by atoms with Crippen LogP contribution in [0.4, 0.5) is 0 Å². The minimum atomic E-state index is -0.0109. The van der Waals surface area contributed by atoms with E-state index in [1.54, 1.807) is 7.11 Å². The molecule has 0 saturated heterocycles. The third kappa shape index (κ3) is 5.81. The summed E-state index contributed by atoms with van der Waals surface area (Å²) in [5.74, 6) is 1.30. The maximum atomic E-state index is 14.0. The minimum Gasteiger partial charge on any atom is -0.493 e. The van der Waals surface area contributed by atoms with E-state index in [2.05, 4.69) is 0 Å². The molecular formula is C33H29NO3. The Kier molecular flexibility index (Phi) is 7.47. The summed E-state index contributed by atoms with van der Waals surface area (Å²) in [6.07, 6.45) is 0. The van der Waals surface area contributed by atoms with Gasteiger partial charge in [-0.05, 0) is 45.7 Å². The molecule has 5 aromatic carbocycles. The SMILES string of the molecule is COc1ccc(CN(Cc2ccccc2)C(=O)c2cccc3ccccc23)cc1OCc1ccccc1. The Morgan fingerprint density at radius 3 is 2.05 bits per heavy atom. The molecule has 0 unspecified atom stereocenters. The molecule has 0 fully saturated rings. The van der Waals surface area contributed by atoms with Crippen molar-refractivity contribution in [1.29, 1.82) is 0 Å². The average Bonchev–Trinajstić information content (AvgIpc) is 2.96. The van der Waals surface area contributed by atoms with Gasteiger partial charge < -0.3 is 14.4 Å². The summed E-state index contributed by atoms with van der Waals surface area (Å²) < 4.78 is 11.7. The van der Waals surface area contributed by atoms with Crippen molar-refractivity contribution >= 4 is 16.7 Å². The molecule has 0 atom stereocenters. The number of nitrogens with zero attached hydrogens (tertiary/aromatic N) is 1. The van der Waals surface area contributed by atoms with Crippen LogP contribution in [0.5, 0.6) is 11.5 Å². The predicted octanol–water partition coefficient (Wildman–Crippen LogP) is 7.27. The molecule has 0 N–H and O–H groups in total. The summed E-state index contributed by atoms with van der Waals surface area (Å²) in [6, 6.07) is 39.9. The summed E-state index contributed by atoms with van der Waals surface area (Å²) in [7, 11) is 1.64. The third-order valence-electron chi connectivity index (χ3n) is 6.36. The lowest BCUT2D eigenvalue weighted by atomic mass is 10.0. The van der Waals surface area contributed by atoms with Crippen LogP contribution in [0.1, 0.15) is 27.0 Å². The van der Waals surface area contributed by atoms with Crippen molar-refractivity contribution in [3.8, 4) is 11.5 Å². The number of fused-ring (bicyclic) bond motifs is 1. The molecule has 0 aliphatic rings. The van der Waals surface area contributed by atoms with Crippen molar-refractivity contribution < 1.29 is 14.3 Å². The summed E-state index contributed by atoms with van der Waals surface area (Å²) in [5, 5.41) is 2.00. The minimum absolute atomic E-state index is 0.0109. The monoisotopic (exact) mass is 487 g/mol. The summed E-state index contributed by atoms with van der Waals surface area (Å²) in [5.41, 5.74) is 3.81. The second-order valence-electron chi connectivity index (χ2n) is 8.93. The topological polar surface area (TPSA) is 38.8 Å². The lowest BCUT2D eigenvalue weighted by molar-refractivity contribution is 0.0732. The summed E-state index contributed by atoms with van der Waals surface area (Å²) in [4.78, 5) is 15.8. The Bertz CT molecular complexity index is 1480. The van der Waals surface area contributed by atoms with Crippen LogP contribution in [0.2, 0.25) is 0 Å². The Hall–Kier alpha value is -4.57. The predicted molar refractivity (Wildman–Crippen MR) is 148 cm³/mol. The number of carbonyl (C=O) groups excluding carboxylic acids is 1. The first kappa shape index (κ1) is 24.1. The van der Waals surface area contributed by atoms with Gasteiger partial charge in [0, 0.05) is 18.7 Å². The van der Waals surface area contributed by atoms with Crippen LogP contribution in [0.25, 0.3) is 10.8 Å². The van der Waals surface area contributed by atoms with Crippen molar-refractivity contribution in [2.24, 2.45) is 0 Å². The van der Waals surface area contributed by atoms with Gasteiger partial charge in [0.2, 0.25) is 0 Å². The molecule has 0 spiro atoms. The van der Waals surface area contributed by atoms with Gasteiger partial charge in [0.25, 0.3) is 5.91 Å². The molecule has 0 aliphatic carbocycles. The fraction of sp³-hybridized carbons (Fsp3) is 0.121. The van der Waals surface area contributed by atoms with E-state index in [0.29, 0.717) is 36.8 Å². The standard InChI is InChI=1S/C33H29NO3/c1-36-31-20-19-27(21-32(31)37-24-26-13-6-3-7-14-26)23-34(22-25-11-4-2-5-12-25)33(35)30-18-10-16-28-15-8-9-17-29(28)30/h2-21H,22-24H2,1H3. The molecule has 0 bridgehead atoms. The van der Waals surface area contributed by atoms with Gasteiger partial charge in [-0.15, -0.1) is 0 Å². The van der Waals surface area contributed by atoms with Crippen LogP contribution in [0.3, 0.4) is 0 Å². The van der Waals surface area contributed by atoms with Gasteiger partial charge in [-0.2, -0.15) is 0 Å². The van der Waals surface area contributed by atoms with E-state index in [-0.39, 0.29) is 5.91 Å². The fourth-order valence-electron chi connectivity index (χ4n) is 4.47. The Morgan fingerprint density at radius 1 is 0.649 bits per heavy atom. The zero-order chi connectivity index (χ0) is 25.5. The number of hydrogen-bond acceptors (Lipinski definition) is 3. The summed E-state index contributed by atoms with van der Waals surface area (Å²) >= 11 is 0. The Balaban J connectivity index is 1.45. The van der Waals surface area contributed by atoms with E-state index in [1.807, 2.05) is 126 Å². The number of carbonyl (C=O) groups is 1. The van der Waals surface area contributed by atoms with Gasteiger partial charge in [0.15, 0.2) is 11.5 Å². The normalized spacial score (nSPS) is 10.7. The van der Waals surface area contributed by atoms with Gasteiger partial charge in [-0.3, -0.25) is 4.79 Å². The van der Waals surface area contributed by atoms with Crippen LogP contribution in [0.15, 0.2) is 121 Å². The zero-order valence-electron chi connectivity index (χ0n) is 20.8. The molecule has 4 heteroatoms. The van der Waals surface area contributed by atoms with Crippen LogP contribution >= 0.6 is 0 Å². The van der Waals surface area contributed by atoms with Gasteiger partial charge in [0.1, 0.15) is 6.61 Å². The quantitative estimate of drug-likeness (QED) is 0.219. The highest BCUT2D eigenvalue weighted by Crippen LogP contribution is 2.30. The van der Waals surface area contributed by atoms with Gasteiger partial charge >= 0.3 is 0 Å². The van der Waals surface area contributed by atoms with Gasteiger partial charge in [-0.25, -0.2) is 0 Å². The lowest BCUT2D eigenvalue weighted by Crippen LogP contribution is -2.30. The van der Waals surface area contributed by atoms with Crippen molar-refractivity contribution in [3.63, 3.8) is 0 Å². The van der Waals surface area contributed by atoms with Crippen molar-refractivity contribution in [2.45, 2.75) is 19.7 Å². The highest BCUT2D eigenvalue weighted by Gasteiger charge is 2.20. The van der Waals surface area contributed by atoms with E-state index < -0.39 is 0 Å². The second kappa shape index (κ2) is 11.4. The number of ether oxygens (including phenoxy) is 2. The number of benzene rings is 5. The van der Waals surface area contributed by atoms with Crippen LogP contribution < -0.4 is 9.47 Å². The first-order valence-electron chi connectivity index (χ1n) is 12.4. The second-order valence-corrected chi connectivity index (χ2v) is 8.93. The first-order valence-corrected chi connectivity index (χ1v) is 12.4. The average molecular weight is 488 g/mol. The van der Waals surface area contributed by atoms with Crippen LogP contribution in [0, 0.1) is 0 Å². The number of hydrogen-bond donors (Lipinski definition) is 0. The Labute approximate surface area is 217 Å². The van der Waals surface area contributed by atoms with Gasteiger partial charge in [0.05, 0.1) is 7.11 Å². The molecule has 0 aliphatic heterocycles. The van der Waals surface area contributed by atoms with Crippen LogP contribution in [-0.4, -0.2) is 17.9 Å². The maximum absolute atomic E-state index is 14.0. The molecule has 0 radical (unpaired) electrons. The maximum Gasteiger partial charge on any atom is 0.255 e. The highest BCUT2D eigenvalue weighted by molar-refractivity contribution is 6.07. The zero-order valence-corrected chi connectivity index (χ0v) is 20.8. The highest BCUT2D eigenvalue weighted by atomic mass is 16.5. The molecule has 5 aromatic rings. The largest absolute Gasteiger partial charge is 0.493 e. The molecule has 1 amide bonds. The van der Waals surface area contributed by atoms with Crippen molar-refractivity contribution in [2.75, 3.05) is 7.11 Å². The van der Waals surface area contributed by atoms with E-state index in [9.17, 15) is 4.79 Å². The molecule has 37 heavy (non-hydrogen) atoms. The van der Waals surface area contributed by atoms with E-state index in [1.165, 1.54) is 0 Å². The van der Waals surface area contributed by atoms with E-state index >= 15 is 0 Å².